The van der Waals surface area contributed by atoms with Crippen LogP contribution >= 0.6 is 0 Å². The summed E-state index contributed by atoms with van der Waals surface area (Å²) in [6.07, 6.45) is 0.559. The van der Waals surface area contributed by atoms with E-state index in [4.69, 9.17) is 4.74 Å². The second kappa shape index (κ2) is 5.11. The van der Waals surface area contributed by atoms with Gasteiger partial charge in [0.25, 0.3) is 0 Å². The fourth-order valence-corrected chi connectivity index (χ4v) is 2.30. The number of hydrogen-bond donors (Lipinski definition) is 0. The monoisotopic (exact) mass is 247 g/mol. The predicted molar refractivity (Wildman–Crippen MR) is 73.3 cm³/mol. The van der Waals surface area contributed by atoms with E-state index in [-0.39, 0.29) is 11.4 Å². The average Bonchev–Trinajstić information content (AvgIpc) is 2.37. The van der Waals surface area contributed by atoms with Gasteiger partial charge in [0.2, 0.25) is 0 Å². The van der Waals surface area contributed by atoms with Crippen molar-refractivity contribution in [3.63, 3.8) is 0 Å². The van der Waals surface area contributed by atoms with Gasteiger partial charge in [-0.1, -0.05) is 6.92 Å². The molecule has 1 aromatic carbocycles. The molecule has 0 unspecified atom stereocenters. The summed E-state index contributed by atoms with van der Waals surface area (Å²) in [6.45, 7) is 8.64. The van der Waals surface area contributed by atoms with Crippen LogP contribution in [0.25, 0.3) is 0 Å². The summed E-state index contributed by atoms with van der Waals surface area (Å²) in [4.78, 5) is 13.9. The molecule has 0 saturated carbocycles. The molecule has 0 amide bonds. The summed E-state index contributed by atoms with van der Waals surface area (Å²) >= 11 is 0. The largest absolute Gasteiger partial charge is 0.372 e. The maximum atomic E-state index is 11.6. The number of benzene rings is 1. The molecule has 0 radical (unpaired) electrons. The average molecular weight is 247 g/mol. The van der Waals surface area contributed by atoms with Crippen molar-refractivity contribution in [3.8, 4) is 0 Å². The van der Waals surface area contributed by atoms with Crippen molar-refractivity contribution in [3.05, 3.63) is 29.8 Å². The van der Waals surface area contributed by atoms with Gasteiger partial charge in [0.05, 0.1) is 12.2 Å². The molecular formula is C15H21NO2. The number of nitrogens with zero attached hydrogens (tertiary/aromatic N) is 1. The van der Waals surface area contributed by atoms with Crippen molar-refractivity contribution >= 4 is 11.5 Å². The predicted octanol–water partition coefficient (Wildman–Crippen LogP) is 2.89. The lowest BCUT2D eigenvalue weighted by Crippen LogP contribution is -2.48. The van der Waals surface area contributed by atoms with Gasteiger partial charge in [-0.15, -0.1) is 0 Å². The van der Waals surface area contributed by atoms with E-state index in [0.717, 1.165) is 25.3 Å². The van der Waals surface area contributed by atoms with Crippen LogP contribution in [0.15, 0.2) is 24.3 Å². The minimum Gasteiger partial charge on any atom is -0.372 e. The van der Waals surface area contributed by atoms with E-state index in [1.54, 1.807) is 0 Å². The molecule has 0 N–H and O–H groups in total. The molecule has 1 aliphatic heterocycles. The molecule has 0 bridgehead atoms. The Hall–Kier alpha value is -1.35. The number of anilines is 1. The van der Waals surface area contributed by atoms with Gasteiger partial charge in [-0.3, -0.25) is 4.79 Å². The van der Waals surface area contributed by atoms with Crippen molar-refractivity contribution in [2.75, 3.05) is 24.6 Å². The van der Waals surface area contributed by atoms with Gasteiger partial charge in [-0.25, -0.2) is 0 Å². The van der Waals surface area contributed by atoms with E-state index in [9.17, 15) is 4.79 Å². The van der Waals surface area contributed by atoms with Crippen LogP contribution in [0.1, 0.15) is 37.6 Å². The number of ketones is 1. The molecule has 0 aromatic heterocycles. The number of carbonyl (C=O) groups is 1. The zero-order valence-electron chi connectivity index (χ0n) is 11.4. The van der Waals surface area contributed by atoms with Crippen LogP contribution in [0.5, 0.6) is 0 Å². The van der Waals surface area contributed by atoms with Crippen molar-refractivity contribution < 1.29 is 9.53 Å². The van der Waals surface area contributed by atoms with Crippen LogP contribution in [0.4, 0.5) is 5.69 Å². The van der Waals surface area contributed by atoms with Crippen LogP contribution < -0.4 is 4.90 Å². The summed E-state index contributed by atoms with van der Waals surface area (Å²) in [6, 6.07) is 7.90. The van der Waals surface area contributed by atoms with E-state index < -0.39 is 0 Å². The number of morpholine rings is 1. The number of ether oxygens (including phenoxy) is 1. The van der Waals surface area contributed by atoms with Crippen molar-refractivity contribution in [2.45, 2.75) is 32.8 Å². The SMILES string of the molecule is CCC(=O)c1ccc(N2CCOC(C)(C)C2)cc1. The Balaban J connectivity index is 2.12. The molecule has 1 aromatic rings. The summed E-state index contributed by atoms with van der Waals surface area (Å²) in [5.41, 5.74) is 1.86. The minimum atomic E-state index is -0.101. The maximum absolute atomic E-state index is 11.6. The highest BCUT2D eigenvalue weighted by Gasteiger charge is 2.27. The lowest BCUT2D eigenvalue weighted by atomic mass is 10.1. The number of Topliss-reactive ketones (excluding diaryl/α,β-unsaturated/α-hetero) is 1. The smallest absolute Gasteiger partial charge is 0.162 e. The van der Waals surface area contributed by atoms with E-state index in [1.807, 2.05) is 31.2 Å². The lowest BCUT2D eigenvalue weighted by Gasteiger charge is -2.39. The Morgan fingerprint density at radius 2 is 2.00 bits per heavy atom. The molecule has 3 nitrogen and oxygen atoms in total. The fraction of sp³-hybridized carbons (Fsp3) is 0.533. The number of carbonyl (C=O) groups excluding carboxylic acids is 1. The fourth-order valence-electron chi connectivity index (χ4n) is 2.30. The van der Waals surface area contributed by atoms with E-state index in [2.05, 4.69) is 18.7 Å². The molecule has 0 atom stereocenters. The van der Waals surface area contributed by atoms with Crippen molar-refractivity contribution in [1.29, 1.82) is 0 Å². The topological polar surface area (TPSA) is 29.5 Å². The van der Waals surface area contributed by atoms with Crippen molar-refractivity contribution in [2.24, 2.45) is 0 Å². The first-order valence-electron chi connectivity index (χ1n) is 6.54. The molecule has 2 rings (SSSR count). The number of rotatable bonds is 3. The second-order valence-corrected chi connectivity index (χ2v) is 5.35. The molecule has 1 saturated heterocycles. The van der Waals surface area contributed by atoms with Gasteiger partial charge >= 0.3 is 0 Å². The Bertz CT molecular complexity index is 423. The Labute approximate surface area is 109 Å². The Morgan fingerprint density at radius 3 is 2.56 bits per heavy atom. The zero-order chi connectivity index (χ0) is 13.2. The Morgan fingerprint density at radius 1 is 1.33 bits per heavy atom. The Kier molecular flexibility index (Phi) is 3.71. The third-order valence-electron chi connectivity index (χ3n) is 3.30. The summed E-state index contributed by atoms with van der Waals surface area (Å²) in [7, 11) is 0. The van der Waals surface area contributed by atoms with Crippen LogP contribution in [-0.4, -0.2) is 31.1 Å². The van der Waals surface area contributed by atoms with Crippen LogP contribution in [-0.2, 0) is 4.74 Å². The number of hydrogen-bond acceptors (Lipinski definition) is 3. The molecule has 1 heterocycles. The second-order valence-electron chi connectivity index (χ2n) is 5.35. The zero-order valence-corrected chi connectivity index (χ0v) is 11.4. The van der Waals surface area contributed by atoms with Gasteiger partial charge < -0.3 is 9.64 Å². The van der Waals surface area contributed by atoms with Crippen LogP contribution in [0, 0.1) is 0 Å². The molecule has 0 aliphatic carbocycles. The standard InChI is InChI=1S/C15H21NO2/c1-4-14(17)12-5-7-13(8-6-12)16-9-10-18-15(2,3)11-16/h5-8H,4,9-11H2,1-3H3. The van der Waals surface area contributed by atoms with Gasteiger partial charge in [0.1, 0.15) is 0 Å². The normalized spacial score (nSPS) is 18.7. The van der Waals surface area contributed by atoms with Gasteiger partial charge in [0, 0.05) is 30.8 Å². The van der Waals surface area contributed by atoms with E-state index in [1.165, 1.54) is 5.69 Å². The first kappa shape index (κ1) is 13.1. The van der Waals surface area contributed by atoms with E-state index in [0.29, 0.717) is 6.42 Å². The molecular weight excluding hydrogens is 226 g/mol. The molecule has 98 valence electrons. The summed E-state index contributed by atoms with van der Waals surface area (Å²) in [5.74, 6) is 0.198. The third-order valence-corrected chi connectivity index (χ3v) is 3.30. The van der Waals surface area contributed by atoms with Crippen LogP contribution in [0.3, 0.4) is 0 Å². The first-order chi connectivity index (χ1) is 8.52. The highest BCUT2D eigenvalue weighted by molar-refractivity contribution is 5.96. The highest BCUT2D eigenvalue weighted by atomic mass is 16.5. The highest BCUT2D eigenvalue weighted by Crippen LogP contribution is 2.23. The lowest BCUT2D eigenvalue weighted by molar-refractivity contribution is -0.0276. The molecule has 3 heteroatoms. The first-order valence-corrected chi connectivity index (χ1v) is 6.54. The van der Waals surface area contributed by atoms with E-state index >= 15 is 0 Å². The molecule has 0 spiro atoms. The molecule has 1 fully saturated rings. The quantitative estimate of drug-likeness (QED) is 0.769. The summed E-state index contributed by atoms with van der Waals surface area (Å²) < 4.78 is 5.70. The molecule has 1 aliphatic rings. The molecule has 18 heavy (non-hydrogen) atoms. The van der Waals surface area contributed by atoms with Crippen molar-refractivity contribution in [1.82, 2.24) is 0 Å². The minimum absolute atomic E-state index is 0.101. The maximum Gasteiger partial charge on any atom is 0.162 e. The van der Waals surface area contributed by atoms with Gasteiger partial charge in [-0.2, -0.15) is 0 Å². The van der Waals surface area contributed by atoms with Gasteiger partial charge in [-0.05, 0) is 38.1 Å². The van der Waals surface area contributed by atoms with Crippen LogP contribution in [0.2, 0.25) is 0 Å². The summed E-state index contributed by atoms with van der Waals surface area (Å²) in [5, 5.41) is 0. The van der Waals surface area contributed by atoms with Gasteiger partial charge in [0.15, 0.2) is 5.78 Å². The third kappa shape index (κ3) is 2.91.